The van der Waals surface area contributed by atoms with Crippen molar-refractivity contribution in [2.24, 2.45) is 17.8 Å². The minimum absolute atomic E-state index is 0.0275. The van der Waals surface area contributed by atoms with Crippen LogP contribution in [0.25, 0.3) is 0 Å². The molecule has 9 heteroatoms. The second-order valence-electron chi connectivity index (χ2n) is 10.0. The fraction of sp³-hybridized carbons (Fsp3) is 0.536. The number of amides is 2. The number of nitrogens with zero attached hydrogens (tertiary/aromatic N) is 2. The number of esters is 1. The van der Waals surface area contributed by atoms with Crippen molar-refractivity contribution in [2.45, 2.75) is 49.1 Å². The Morgan fingerprint density at radius 1 is 1.35 bits per heavy atom. The normalized spacial score (nSPS) is 29.8. The maximum atomic E-state index is 14.5. The highest BCUT2D eigenvalue weighted by Crippen LogP contribution is 2.68. The number of carbonyl (C=O) groups excluding carboxylic acids is 3. The molecule has 3 saturated heterocycles. The number of hydrogen-bond acceptors (Lipinski definition) is 6. The summed E-state index contributed by atoms with van der Waals surface area (Å²) in [5.74, 6) is -2.08. The van der Waals surface area contributed by atoms with Crippen molar-refractivity contribution in [1.29, 1.82) is 0 Å². The van der Waals surface area contributed by atoms with Gasteiger partial charge in [-0.25, -0.2) is 0 Å². The number of aryl methyl sites for hydroxylation is 1. The van der Waals surface area contributed by atoms with E-state index >= 15 is 0 Å². The molecule has 0 aliphatic carbocycles. The van der Waals surface area contributed by atoms with E-state index in [1.54, 1.807) is 39.8 Å². The zero-order valence-corrected chi connectivity index (χ0v) is 23.0. The average molecular weight is 547 g/mol. The van der Waals surface area contributed by atoms with Gasteiger partial charge in [0.25, 0.3) is 5.91 Å². The van der Waals surface area contributed by atoms with E-state index in [0.29, 0.717) is 23.6 Å². The number of aliphatic hydroxyl groups is 1. The molecule has 0 aromatic heterocycles. The number of carbonyl (C=O) groups is 3. The van der Waals surface area contributed by atoms with E-state index < -0.39 is 22.6 Å². The third-order valence-electron chi connectivity index (χ3n) is 7.91. The highest BCUT2D eigenvalue weighted by Gasteiger charge is 2.76. The number of para-hydroxylation sites is 1. The van der Waals surface area contributed by atoms with Crippen LogP contribution in [0.1, 0.15) is 31.7 Å². The molecular formula is C28H35ClN2O5S. The summed E-state index contributed by atoms with van der Waals surface area (Å²) in [5, 5.41) is 9.92. The Morgan fingerprint density at radius 2 is 2.11 bits per heavy atom. The topological polar surface area (TPSA) is 87.2 Å². The molecule has 0 saturated carbocycles. The summed E-state index contributed by atoms with van der Waals surface area (Å²) in [6.07, 6.45) is 4.92. The van der Waals surface area contributed by atoms with Gasteiger partial charge in [0.05, 0.1) is 33.9 Å². The summed E-state index contributed by atoms with van der Waals surface area (Å²) in [7, 11) is 0. The first kappa shape index (κ1) is 27.7. The molecule has 3 heterocycles. The molecule has 200 valence electrons. The Morgan fingerprint density at radius 3 is 2.76 bits per heavy atom. The molecule has 1 spiro atoms. The van der Waals surface area contributed by atoms with Gasteiger partial charge < -0.3 is 19.6 Å². The van der Waals surface area contributed by atoms with Crippen LogP contribution in [-0.4, -0.2) is 70.1 Å². The number of aliphatic hydroxyl groups excluding tert-OH is 1. The summed E-state index contributed by atoms with van der Waals surface area (Å²) < 4.78 is 4.77. The molecule has 1 aromatic rings. The molecule has 1 N–H and O–H groups in total. The van der Waals surface area contributed by atoms with Gasteiger partial charge in [-0.2, -0.15) is 0 Å². The van der Waals surface area contributed by atoms with Crippen molar-refractivity contribution in [3.63, 3.8) is 0 Å². The lowest BCUT2D eigenvalue weighted by molar-refractivity contribution is -0.154. The molecule has 37 heavy (non-hydrogen) atoms. The highest BCUT2D eigenvalue weighted by molar-refractivity contribution is 8.02. The summed E-state index contributed by atoms with van der Waals surface area (Å²) in [5.41, 5.74) is 1.43. The molecule has 3 unspecified atom stereocenters. The largest absolute Gasteiger partial charge is 0.465 e. The van der Waals surface area contributed by atoms with Crippen LogP contribution in [0.2, 0.25) is 5.02 Å². The SMILES string of the molecule is C=CCCOC(=O)[C@@H]1[C@@H]2CC(C)C3(S2)C(C(=O)N(CC=C)c2c(C)cccc2Cl)N(CCCO)C(=O)[C@H]13. The summed E-state index contributed by atoms with van der Waals surface area (Å²) >= 11 is 8.18. The third kappa shape index (κ3) is 4.51. The molecule has 3 fully saturated rings. The lowest BCUT2D eigenvalue weighted by Gasteiger charge is -2.40. The maximum Gasteiger partial charge on any atom is 0.310 e. The number of hydrogen-bond donors (Lipinski definition) is 1. The van der Waals surface area contributed by atoms with E-state index in [1.807, 2.05) is 19.1 Å². The maximum absolute atomic E-state index is 14.5. The van der Waals surface area contributed by atoms with Gasteiger partial charge in [-0.3, -0.25) is 14.4 Å². The Hall–Kier alpha value is -2.29. The Bertz CT molecular complexity index is 1080. The summed E-state index contributed by atoms with van der Waals surface area (Å²) in [4.78, 5) is 45.0. The molecular weight excluding hydrogens is 512 g/mol. The van der Waals surface area contributed by atoms with E-state index in [4.69, 9.17) is 16.3 Å². The number of rotatable bonds is 11. The van der Waals surface area contributed by atoms with E-state index in [1.165, 1.54) is 0 Å². The second-order valence-corrected chi connectivity index (χ2v) is 12.0. The van der Waals surface area contributed by atoms with Crippen LogP contribution in [0.15, 0.2) is 43.5 Å². The van der Waals surface area contributed by atoms with Gasteiger partial charge in [-0.15, -0.1) is 24.9 Å². The molecule has 2 bridgehead atoms. The van der Waals surface area contributed by atoms with Gasteiger partial charge in [0, 0.05) is 24.9 Å². The average Bonchev–Trinajstić information content (AvgIpc) is 3.45. The lowest BCUT2D eigenvalue weighted by atomic mass is 9.66. The molecule has 3 aliphatic heterocycles. The molecule has 7 nitrogen and oxygen atoms in total. The predicted octanol–water partition coefficient (Wildman–Crippen LogP) is 4.01. The van der Waals surface area contributed by atoms with Crippen LogP contribution < -0.4 is 4.90 Å². The number of thioether (sulfide) groups is 1. The number of anilines is 1. The van der Waals surface area contributed by atoms with Gasteiger partial charge in [0.15, 0.2) is 0 Å². The molecule has 4 rings (SSSR count). The van der Waals surface area contributed by atoms with Crippen molar-refractivity contribution in [2.75, 3.05) is 31.2 Å². The molecule has 0 radical (unpaired) electrons. The fourth-order valence-corrected chi connectivity index (χ4v) is 9.15. The standard InChI is InChI=1S/C28H35ClN2O5S/c1-5-7-15-36-27(35)21-20-16-18(4)28(37-20)22(21)25(33)31(13-9-14-32)24(28)26(34)30(12-6-2)23-17(3)10-8-11-19(23)29/h5-6,8,10-11,18,20-22,24,32H,1-2,7,9,12-16H2,3-4H3/t18?,20-,21+,22-,24?,28?/m0/s1. The van der Waals surface area contributed by atoms with Crippen LogP contribution >= 0.6 is 23.4 Å². The van der Waals surface area contributed by atoms with Crippen molar-refractivity contribution < 1.29 is 24.2 Å². The van der Waals surface area contributed by atoms with Gasteiger partial charge in [0.2, 0.25) is 5.91 Å². The van der Waals surface area contributed by atoms with Gasteiger partial charge in [-0.05, 0) is 43.7 Å². The fourth-order valence-electron chi connectivity index (χ4n) is 6.42. The van der Waals surface area contributed by atoms with E-state index in [-0.39, 0.29) is 55.3 Å². The number of benzene rings is 1. The molecule has 3 aliphatic rings. The number of fused-ring (bicyclic) bond motifs is 1. The summed E-state index contributed by atoms with van der Waals surface area (Å²) in [6.45, 7) is 12.0. The first-order valence-electron chi connectivity index (χ1n) is 12.8. The predicted molar refractivity (Wildman–Crippen MR) is 147 cm³/mol. The number of ether oxygens (including phenoxy) is 1. The van der Waals surface area contributed by atoms with Crippen LogP contribution in [0.3, 0.4) is 0 Å². The van der Waals surface area contributed by atoms with Gasteiger partial charge in [0.1, 0.15) is 6.04 Å². The minimum atomic E-state index is -0.803. The highest BCUT2D eigenvalue weighted by atomic mass is 35.5. The van der Waals surface area contributed by atoms with E-state index in [9.17, 15) is 19.5 Å². The number of likely N-dealkylation sites (tertiary alicyclic amines) is 1. The first-order chi connectivity index (χ1) is 17.7. The molecule has 2 amide bonds. The second kappa shape index (κ2) is 11.2. The van der Waals surface area contributed by atoms with Crippen molar-refractivity contribution >= 4 is 46.8 Å². The monoisotopic (exact) mass is 546 g/mol. The van der Waals surface area contributed by atoms with Gasteiger partial charge >= 0.3 is 5.97 Å². The van der Waals surface area contributed by atoms with E-state index in [0.717, 1.165) is 12.0 Å². The van der Waals surface area contributed by atoms with Crippen LogP contribution in [-0.2, 0) is 19.1 Å². The zero-order chi connectivity index (χ0) is 26.9. The number of halogens is 1. The molecule has 1 aromatic carbocycles. The minimum Gasteiger partial charge on any atom is -0.465 e. The van der Waals surface area contributed by atoms with Crippen LogP contribution in [0.4, 0.5) is 5.69 Å². The lowest BCUT2D eigenvalue weighted by Crippen LogP contribution is -2.57. The molecule has 6 atom stereocenters. The van der Waals surface area contributed by atoms with Crippen molar-refractivity contribution in [3.05, 3.63) is 54.1 Å². The van der Waals surface area contributed by atoms with Gasteiger partial charge in [-0.1, -0.05) is 42.8 Å². The van der Waals surface area contributed by atoms with Crippen molar-refractivity contribution in [3.8, 4) is 0 Å². The zero-order valence-electron chi connectivity index (χ0n) is 21.4. The van der Waals surface area contributed by atoms with Crippen LogP contribution in [0.5, 0.6) is 0 Å². The first-order valence-corrected chi connectivity index (χ1v) is 14.0. The Balaban J connectivity index is 1.79. The smallest absolute Gasteiger partial charge is 0.310 e. The Kier molecular flexibility index (Phi) is 8.41. The summed E-state index contributed by atoms with van der Waals surface area (Å²) in [6, 6.07) is 4.66. The van der Waals surface area contributed by atoms with Crippen molar-refractivity contribution in [1.82, 2.24) is 4.90 Å². The Labute approximate surface area is 227 Å². The third-order valence-corrected chi connectivity index (χ3v) is 10.3. The van der Waals surface area contributed by atoms with E-state index in [2.05, 4.69) is 20.1 Å². The van der Waals surface area contributed by atoms with Crippen LogP contribution in [0, 0.1) is 24.7 Å². The quantitative estimate of drug-likeness (QED) is 0.256.